The number of aromatic nitrogens is 3. The minimum Gasteiger partial charge on any atom is -0.465 e. The third-order valence-electron chi connectivity index (χ3n) is 4.87. The molecule has 2 aliphatic rings. The second-order valence-electron chi connectivity index (χ2n) is 6.77. The van der Waals surface area contributed by atoms with Crippen molar-refractivity contribution in [1.82, 2.24) is 14.3 Å². The fourth-order valence-electron chi connectivity index (χ4n) is 3.33. The molecule has 2 aromatic carbocycles. The van der Waals surface area contributed by atoms with Gasteiger partial charge in [0.25, 0.3) is 5.56 Å². The Hall–Kier alpha value is -3.38. The lowest BCUT2D eigenvalue weighted by molar-refractivity contribution is 0.0600. The summed E-state index contributed by atoms with van der Waals surface area (Å²) in [6, 6.07) is 12.9. The van der Waals surface area contributed by atoms with E-state index in [0.29, 0.717) is 22.0 Å². The first-order valence-electron chi connectivity index (χ1n) is 8.96. The average Bonchev–Trinajstić information content (AvgIpc) is 3.05. The quantitative estimate of drug-likeness (QED) is 0.478. The molecule has 2 aliphatic heterocycles. The lowest BCUT2D eigenvalue weighted by Crippen LogP contribution is -2.16. The van der Waals surface area contributed by atoms with Crippen LogP contribution in [0.1, 0.15) is 21.5 Å². The largest absolute Gasteiger partial charge is 0.465 e. The topological polar surface area (TPSA) is 66.1 Å². The molecule has 146 valence electrons. The summed E-state index contributed by atoms with van der Waals surface area (Å²) >= 11 is 6.16. The molecule has 0 radical (unpaired) electrons. The smallest absolute Gasteiger partial charge is 0.341 e. The summed E-state index contributed by atoms with van der Waals surface area (Å²) in [4.78, 5) is 25.7. The van der Waals surface area contributed by atoms with E-state index >= 15 is 0 Å². The minimum absolute atomic E-state index is 0.203. The van der Waals surface area contributed by atoms with Gasteiger partial charge in [0, 0.05) is 23.1 Å². The standard InChI is InChI=1S/C22H18ClN3O3/c1-13-6-4-5-7-18(13)26-21(27)16-11-25(19-10-15(23)9-8-14(19)2)12-17(20(16)24-26)22(28)29-3/h4-12H,1-3H3. The van der Waals surface area contributed by atoms with Crippen LogP contribution in [-0.2, 0) is 4.74 Å². The lowest BCUT2D eigenvalue weighted by Gasteiger charge is -2.14. The van der Waals surface area contributed by atoms with Crippen molar-refractivity contribution in [3.8, 4) is 22.6 Å². The van der Waals surface area contributed by atoms with Crippen LogP contribution in [-0.4, -0.2) is 27.4 Å². The van der Waals surface area contributed by atoms with Crippen LogP contribution < -0.4 is 5.56 Å². The van der Waals surface area contributed by atoms with Gasteiger partial charge in [-0.15, -0.1) is 0 Å². The monoisotopic (exact) mass is 407 g/mol. The van der Waals surface area contributed by atoms with Gasteiger partial charge in [-0.25, -0.2) is 4.79 Å². The average molecular weight is 408 g/mol. The van der Waals surface area contributed by atoms with Gasteiger partial charge in [-0.2, -0.15) is 9.78 Å². The Morgan fingerprint density at radius 1 is 1.03 bits per heavy atom. The number of carbonyl (C=O) groups is 1. The SMILES string of the molecule is COC(=O)c1cn(-c2cc(Cl)ccc2C)cc2c(=O)n(-c3ccccc3C)nc1-2. The Kier molecular flexibility index (Phi) is 4.72. The van der Waals surface area contributed by atoms with E-state index in [-0.39, 0.29) is 11.1 Å². The third-order valence-corrected chi connectivity index (χ3v) is 5.10. The Labute approximate surface area is 172 Å². The van der Waals surface area contributed by atoms with Crippen molar-refractivity contribution in [2.45, 2.75) is 13.8 Å². The molecule has 0 N–H and O–H groups in total. The van der Waals surface area contributed by atoms with Gasteiger partial charge in [-0.1, -0.05) is 35.9 Å². The lowest BCUT2D eigenvalue weighted by atomic mass is 10.1. The number of para-hydroxylation sites is 1. The van der Waals surface area contributed by atoms with Crippen LogP contribution in [0, 0.1) is 13.8 Å². The summed E-state index contributed by atoms with van der Waals surface area (Å²) in [6.07, 6.45) is 3.28. The van der Waals surface area contributed by atoms with E-state index in [2.05, 4.69) is 5.10 Å². The van der Waals surface area contributed by atoms with Gasteiger partial charge in [0.2, 0.25) is 0 Å². The third kappa shape index (κ3) is 3.21. The number of rotatable bonds is 3. The van der Waals surface area contributed by atoms with E-state index < -0.39 is 5.97 Å². The summed E-state index contributed by atoms with van der Waals surface area (Å²) in [7, 11) is 1.30. The van der Waals surface area contributed by atoms with Crippen molar-refractivity contribution < 1.29 is 9.53 Å². The fourth-order valence-corrected chi connectivity index (χ4v) is 3.50. The molecule has 6 nitrogen and oxygen atoms in total. The highest BCUT2D eigenvalue weighted by Gasteiger charge is 2.25. The number of aryl methyl sites for hydroxylation is 2. The molecule has 29 heavy (non-hydrogen) atoms. The van der Waals surface area contributed by atoms with E-state index in [1.807, 2.05) is 44.2 Å². The predicted octanol–water partition coefficient (Wildman–Crippen LogP) is 4.18. The molecule has 2 aromatic rings. The van der Waals surface area contributed by atoms with Crippen LogP contribution in [0.15, 0.2) is 59.7 Å². The molecule has 0 atom stereocenters. The van der Waals surface area contributed by atoms with Crippen molar-refractivity contribution in [2.75, 3.05) is 7.11 Å². The van der Waals surface area contributed by atoms with Gasteiger partial charge >= 0.3 is 5.97 Å². The highest BCUT2D eigenvalue weighted by molar-refractivity contribution is 6.30. The Morgan fingerprint density at radius 2 is 1.76 bits per heavy atom. The molecule has 0 aromatic heterocycles. The van der Waals surface area contributed by atoms with Crippen LogP contribution in [0.3, 0.4) is 0 Å². The van der Waals surface area contributed by atoms with Gasteiger partial charge in [0.05, 0.1) is 18.4 Å². The van der Waals surface area contributed by atoms with Crippen LogP contribution in [0.25, 0.3) is 22.6 Å². The van der Waals surface area contributed by atoms with Gasteiger partial charge in [-0.05, 0) is 43.2 Å². The number of methoxy groups -OCH3 is 1. The molecular formula is C22H18ClN3O3. The summed E-state index contributed by atoms with van der Waals surface area (Å²) in [5, 5.41) is 5.00. The molecule has 0 bridgehead atoms. The van der Waals surface area contributed by atoms with E-state index in [0.717, 1.165) is 16.8 Å². The molecule has 2 heterocycles. The van der Waals surface area contributed by atoms with Crippen LogP contribution in [0.4, 0.5) is 0 Å². The molecule has 0 spiro atoms. The van der Waals surface area contributed by atoms with Crippen molar-refractivity contribution in [1.29, 1.82) is 0 Å². The Morgan fingerprint density at radius 3 is 2.48 bits per heavy atom. The zero-order valence-electron chi connectivity index (χ0n) is 16.1. The number of carbonyl (C=O) groups excluding carboxylic acids is 1. The van der Waals surface area contributed by atoms with E-state index in [1.54, 1.807) is 29.1 Å². The van der Waals surface area contributed by atoms with Gasteiger partial charge in [-0.3, -0.25) is 4.79 Å². The molecule has 7 heteroatoms. The number of halogens is 1. The van der Waals surface area contributed by atoms with E-state index in [1.165, 1.54) is 11.8 Å². The molecule has 0 unspecified atom stereocenters. The molecule has 4 rings (SSSR count). The van der Waals surface area contributed by atoms with Crippen LogP contribution >= 0.6 is 11.6 Å². The zero-order valence-corrected chi connectivity index (χ0v) is 16.9. The number of ether oxygens (including phenoxy) is 1. The Bertz CT molecular complexity index is 1270. The maximum absolute atomic E-state index is 13.2. The predicted molar refractivity (Wildman–Crippen MR) is 112 cm³/mol. The number of hydrogen-bond acceptors (Lipinski definition) is 4. The van der Waals surface area contributed by atoms with Crippen molar-refractivity contribution in [2.24, 2.45) is 0 Å². The Balaban J connectivity index is 2.05. The molecular weight excluding hydrogens is 390 g/mol. The van der Waals surface area contributed by atoms with Crippen LogP contribution in [0.2, 0.25) is 5.02 Å². The second kappa shape index (κ2) is 7.22. The highest BCUT2D eigenvalue weighted by Crippen LogP contribution is 2.27. The number of pyridine rings is 1. The van der Waals surface area contributed by atoms with Crippen molar-refractivity contribution in [3.05, 3.63) is 86.9 Å². The summed E-state index contributed by atoms with van der Waals surface area (Å²) in [5.74, 6) is -0.571. The number of hydrogen-bond donors (Lipinski definition) is 0. The van der Waals surface area contributed by atoms with Crippen LogP contribution in [0.5, 0.6) is 0 Å². The zero-order chi connectivity index (χ0) is 20.7. The number of nitrogens with zero attached hydrogens (tertiary/aromatic N) is 3. The normalized spacial score (nSPS) is 11.0. The molecule has 0 fully saturated rings. The van der Waals surface area contributed by atoms with Gasteiger partial charge in [0.1, 0.15) is 11.3 Å². The van der Waals surface area contributed by atoms with Crippen molar-refractivity contribution in [3.63, 3.8) is 0 Å². The van der Waals surface area contributed by atoms with Gasteiger partial charge in [0.15, 0.2) is 0 Å². The molecule has 0 aliphatic carbocycles. The first-order valence-corrected chi connectivity index (χ1v) is 9.34. The van der Waals surface area contributed by atoms with Gasteiger partial charge < -0.3 is 9.30 Å². The maximum atomic E-state index is 13.2. The fraction of sp³-hybridized carbons (Fsp3) is 0.136. The molecule has 0 amide bonds. The minimum atomic E-state index is -0.571. The number of esters is 1. The van der Waals surface area contributed by atoms with Crippen molar-refractivity contribution >= 4 is 17.6 Å². The number of benzene rings is 2. The molecule has 0 saturated heterocycles. The maximum Gasteiger partial charge on any atom is 0.341 e. The number of fused-ring (bicyclic) bond motifs is 1. The van der Waals surface area contributed by atoms with E-state index in [4.69, 9.17) is 16.3 Å². The first kappa shape index (κ1) is 19.0. The summed E-state index contributed by atoms with van der Waals surface area (Å²) < 4.78 is 7.97. The van der Waals surface area contributed by atoms with E-state index in [9.17, 15) is 9.59 Å². The summed E-state index contributed by atoms with van der Waals surface area (Å²) in [5.41, 5.74) is 3.75. The summed E-state index contributed by atoms with van der Waals surface area (Å²) in [6.45, 7) is 3.83. The highest BCUT2D eigenvalue weighted by atomic mass is 35.5. The second-order valence-corrected chi connectivity index (χ2v) is 7.20. The molecule has 0 saturated carbocycles. The first-order chi connectivity index (χ1) is 13.9.